The minimum Gasteiger partial charge on any atom is -0.337 e. The summed E-state index contributed by atoms with van der Waals surface area (Å²) < 4.78 is 26.8. The van der Waals surface area contributed by atoms with Crippen molar-refractivity contribution in [1.82, 2.24) is 10.2 Å². The van der Waals surface area contributed by atoms with E-state index in [2.05, 4.69) is 5.32 Å². The number of benzene rings is 2. The van der Waals surface area contributed by atoms with Crippen molar-refractivity contribution >= 4 is 21.6 Å². The quantitative estimate of drug-likeness (QED) is 0.874. The van der Waals surface area contributed by atoms with Gasteiger partial charge < -0.3 is 10.2 Å². The van der Waals surface area contributed by atoms with E-state index in [4.69, 9.17) is 0 Å². The summed E-state index contributed by atoms with van der Waals surface area (Å²) in [6, 6.07) is 13.5. The third kappa shape index (κ3) is 4.31. The summed E-state index contributed by atoms with van der Waals surface area (Å²) >= 11 is 0. The molecule has 27 heavy (non-hydrogen) atoms. The molecule has 0 aromatic heterocycles. The Labute approximate surface area is 160 Å². The zero-order valence-corrected chi connectivity index (χ0v) is 16.5. The topological polar surface area (TPSA) is 69.7 Å². The number of hydrogen-bond acceptors (Lipinski definition) is 4. The van der Waals surface area contributed by atoms with Gasteiger partial charge in [0.05, 0.1) is 10.6 Å². The van der Waals surface area contributed by atoms with Crippen molar-refractivity contribution in [2.45, 2.75) is 18.2 Å². The molecule has 2 aromatic rings. The van der Waals surface area contributed by atoms with Crippen LogP contribution in [0.25, 0.3) is 0 Å². The molecule has 0 unspecified atom stereocenters. The van der Waals surface area contributed by atoms with Crippen LogP contribution in [0.2, 0.25) is 0 Å². The zero-order valence-electron chi connectivity index (χ0n) is 15.7. The molecule has 144 valence electrons. The summed E-state index contributed by atoms with van der Waals surface area (Å²) in [5.41, 5.74) is 2.09. The number of sulfonamides is 1. The first kappa shape index (κ1) is 19.4. The van der Waals surface area contributed by atoms with Crippen molar-refractivity contribution in [1.29, 1.82) is 0 Å². The Balaban J connectivity index is 1.77. The first-order valence-electron chi connectivity index (χ1n) is 9.05. The molecule has 1 heterocycles. The van der Waals surface area contributed by atoms with Crippen LogP contribution in [0.5, 0.6) is 0 Å². The lowest BCUT2D eigenvalue weighted by atomic mass is 10.1. The largest absolute Gasteiger partial charge is 0.337 e. The highest BCUT2D eigenvalue weighted by molar-refractivity contribution is 7.92. The fraction of sp³-hybridized carbons (Fsp3) is 0.350. The lowest BCUT2D eigenvalue weighted by molar-refractivity contribution is 0.0766. The van der Waals surface area contributed by atoms with Crippen LogP contribution in [0.3, 0.4) is 0 Å². The molecular weight excluding hydrogens is 362 g/mol. The number of carbonyl (C=O) groups excluding carboxylic acids is 1. The van der Waals surface area contributed by atoms with E-state index in [1.807, 2.05) is 11.8 Å². The summed E-state index contributed by atoms with van der Waals surface area (Å²) in [5, 5.41) is 3.28. The summed E-state index contributed by atoms with van der Waals surface area (Å²) in [5.74, 6) is -0.0192. The van der Waals surface area contributed by atoms with Gasteiger partial charge in [0.15, 0.2) is 0 Å². The van der Waals surface area contributed by atoms with E-state index >= 15 is 0 Å². The molecule has 1 amide bonds. The highest BCUT2D eigenvalue weighted by atomic mass is 32.2. The van der Waals surface area contributed by atoms with Crippen molar-refractivity contribution in [3.05, 3.63) is 59.7 Å². The Hall–Kier alpha value is -2.38. The molecule has 0 bridgehead atoms. The lowest BCUT2D eigenvalue weighted by Crippen LogP contribution is -2.34. The lowest BCUT2D eigenvalue weighted by Gasteiger charge is -2.22. The van der Waals surface area contributed by atoms with E-state index < -0.39 is 10.0 Å². The number of carbonyl (C=O) groups is 1. The number of rotatable bonds is 4. The van der Waals surface area contributed by atoms with Crippen LogP contribution in [0.4, 0.5) is 5.69 Å². The van der Waals surface area contributed by atoms with Gasteiger partial charge in [-0.15, -0.1) is 0 Å². The molecule has 1 fully saturated rings. The molecule has 1 aliphatic heterocycles. The second-order valence-electron chi connectivity index (χ2n) is 6.73. The van der Waals surface area contributed by atoms with Gasteiger partial charge in [-0.1, -0.05) is 17.7 Å². The SMILES string of the molecule is Cc1ccc(S(=O)(=O)N(C)c2ccc(C(=O)N3CCCNCC3)cc2)cc1. The molecule has 6 nitrogen and oxygen atoms in total. The first-order chi connectivity index (χ1) is 12.9. The fourth-order valence-electron chi connectivity index (χ4n) is 3.05. The maximum atomic E-state index is 12.8. The molecule has 0 atom stereocenters. The third-order valence-corrected chi connectivity index (χ3v) is 6.58. The third-order valence-electron chi connectivity index (χ3n) is 4.78. The Kier molecular flexibility index (Phi) is 5.82. The smallest absolute Gasteiger partial charge is 0.264 e. The van der Waals surface area contributed by atoms with Crippen LogP contribution in [0.1, 0.15) is 22.3 Å². The van der Waals surface area contributed by atoms with E-state index in [9.17, 15) is 13.2 Å². The van der Waals surface area contributed by atoms with Crippen LogP contribution in [0, 0.1) is 6.92 Å². The van der Waals surface area contributed by atoms with Gasteiger partial charge in [0.2, 0.25) is 0 Å². The average molecular weight is 388 g/mol. The maximum Gasteiger partial charge on any atom is 0.264 e. The molecule has 0 spiro atoms. The zero-order chi connectivity index (χ0) is 19.4. The Morgan fingerprint density at radius 1 is 1.00 bits per heavy atom. The van der Waals surface area contributed by atoms with Crippen molar-refractivity contribution in [2.75, 3.05) is 37.5 Å². The van der Waals surface area contributed by atoms with Crippen LogP contribution in [-0.4, -0.2) is 52.5 Å². The highest BCUT2D eigenvalue weighted by Gasteiger charge is 2.22. The minimum absolute atomic E-state index is 0.0192. The maximum absolute atomic E-state index is 12.8. The average Bonchev–Trinajstić information content (AvgIpc) is 2.97. The van der Waals surface area contributed by atoms with E-state index in [-0.39, 0.29) is 10.8 Å². The van der Waals surface area contributed by atoms with Gasteiger partial charge in [0.25, 0.3) is 15.9 Å². The van der Waals surface area contributed by atoms with Crippen molar-refractivity contribution in [3.8, 4) is 0 Å². The number of anilines is 1. The van der Waals surface area contributed by atoms with Gasteiger partial charge in [0, 0.05) is 32.2 Å². The van der Waals surface area contributed by atoms with Gasteiger partial charge in [-0.25, -0.2) is 8.42 Å². The van der Waals surface area contributed by atoms with E-state index in [1.54, 1.807) is 48.5 Å². The number of nitrogens with zero attached hydrogens (tertiary/aromatic N) is 2. The number of nitrogens with one attached hydrogen (secondary N) is 1. The Morgan fingerprint density at radius 2 is 1.67 bits per heavy atom. The molecule has 0 radical (unpaired) electrons. The number of hydrogen-bond donors (Lipinski definition) is 1. The molecular formula is C20H25N3O3S. The molecule has 7 heteroatoms. The van der Waals surface area contributed by atoms with Gasteiger partial charge in [-0.05, 0) is 56.3 Å². The van der Waals surface area contributed by atoms with E-state index in [0.717, 1.165) is 31.6 Å². The number of aryl methyl sites for hydroxylation is 1. The molecule has 3 rings (SSSR count). The summed E-state index contributed by atoms with van der Waals surface area (Å²) in [6.07, 6.45) is 0.932. The summed E-state index contributed by atoms with van der Waals surface area (Å²) in [6.45, 7) is 5.04. The van der Waals surface area contributed by atoms with Crippen LogP contribution in [-0.2, 0) is 10.0 Å². The van der Waals surface area contributed by atoms with E-state index in [0.29, 0.717) is 17.8 Å². The molecule has 2 aromatic carbocycles. The molecule has 1 saturated heterocycles. The Bertz CT molecular complexity index is 885. The van der Waals surface area contributed by atoms with Crippen LogP contribution < -0.4 is 9.62 Å². The number of amides is 1. The summed E-state index contributed by atoms with van der Waals surface area (Å²) in [7, 11) is -2.12. The monoisotopic (exact) mass is 387 g/mol. The second-order valence-corrected chi connectivity index (χ2v) is 8.70. The first-order valence-corrected chi connectivity index (χ1v) is 10.5. The van der Waals surface area contributed by atoms with Crippen LogP contribution in [0.15, 0.2) is 53.4 Å². The predicted molar refractivity (Wildman–Crippen MR) is 107 cm³/mol. The van der Waals surface area contributed by atoms with E-state index in [1.165, 1.54) is 11.4 Å². The standard InChI is InChI=1S/C20H25N3O3S/c1-16-4-10-19(11-5-16)27(25,26)22(2)18-8-6-17(7-9-18)20(24)23-14-3-12-21-13-15-23/h4-11,21H,3,12-15H2,1-2H3. The second kappa shape index (κ2) is 8.10. The molecule has 1 aliphatic rings. The summed E-state index contributed by atoms with van der Waals surface area (Å²) in [4.78, 5) is 14.7. The fourth-order valence-corrected chi connectivity index (χ4v) is 4.25. The van der Waals surface area contributed by atoms with Crippen molar-refractivity contribution in [3.63, 3.8) is 0 Å². The molecule has 0 aliphatic carbocycles. The molecule has 1 N–H and O–H groups in total. The minimum atomic E-state index is -3.64. The van der Waals surface area contributed by atoms with Gasteiger partial charge in [0.1, 0.15) is 0 Å². The van der Waals surface area contributed by atoms with Crippen molar-refractivity contribution < 1.29 is 13.2 Å². The van der Waals surface area contributed by atoms with Gasteiger partial charge in [-0.3, -0.25) is 9.10 Å². The van der Waals surface area contributed by atoms with Crippen LogP contribution >= 0.6 is 0 Å². The highest BCUT2D eigenvalue weighted by Crippen LogP contribution is 2.23. The van der Waals surface area contributed by atoms with Gasteiger partial charge in [-0.2, -0.15) is 0 Å². The van der Waals surface area contributed by atoms with Gasteiger partial charge >= 0.3 is 0 Å². The normalized spacial score (nSPS) is 15.3. The Morgan fingerprint density at radius 3 is 2.33 bits per heavy atom. The van der Waals surface area contributed by atoms with Crippen molar-refractivity contribution in [2.24, 2.45) is 0 Å². The molecule has 0 saturated carbocycles. The predicted octanol–water partition coefficient (Wildman–Crippen LogP) is 2.26.